The lowest BCUT2D eigenvalue weighted by molar-refractivity contribution is -0.130. The van der Waals surface area contributed by atoms with Crippen molar-refractivity contribution in [2.75, 3.05) is 19.8 Å². The molecule has 0 spiro atoms. The zero-order valence-electron chi connectivity index (χ0n) is 25.7. The number of carbonyl (C=O) groups excluding carboxylic acids is 3. The van der Waals surface area contributed by atoms with Crippen LogP contribution in [0.1, 0.15) is 49.4 Å². The summed E-state index contributed by atoms with van der Waals surface area (Å²) in [7, 11) is 0. The van der Waals surface area contributed by atoms with Crippen LogP contribution < -0.4 is 24.3 Å². The molecule has 10 heteroatoms. The van der Waals surface area contributed by atoms with Crippen LogP contribution in [0, 0.1) is 5.82 Å². The van der Waals surface area contributed by atoms with Crippen LogP contribution in [0.3, 0.4) is 0 Å². The predicted octanol–water partition coefficient (Wildman–Crippen LogP) is 6.38. The summed E-state index contributed by atoms with van der Waals surface area (Å²) in [5.74, 6) is 0.0444. The van der Waals surface area contributed by atoms with Gasteiger partial charge >= 0.3 is 6.03 Å². The number of allylic oxidation sites excluding steroid dienone is 1. The van der Waals surface area contributed by atoms with Crippen LogP contribution in [0.2, 0.25) is 0 Å². The van der Waals surface area contributed by atoms with E-state index in [0.29, 0.717) is 65.9 Å². The Kier molecular flexibility index (Phi) is 11.3. The maximum Gasteiger partial charge on any atom is 0.331 e. The number of barbiturate groups is 1. The molecule has 9 nitrogen and oxygen atoms in total. The van der Waals surface area contributed by atoms with Gasteiger partial charge in [-0.2, -0.15) is 0 Å². The van der Waals surface area contributed by atoms with Crippen molar-refractivity contribution in [3.8, 4) is 23.0 Å². The smallest absolute Gasteiger partial charge is 0.331 e. The average molecular weight is 617 g/mol. The molecule has 1 heterocycles. The van der Waals surface area contributed by atoms with Gasteiger partial charge in [0.15, 0.2) is 23.0 Å². The number of ether oxygens (including phenoxy) is 4. The Labute approximate surface area is 262 Å². The van der Waals surface area contributed by atoms with Crippen molar-refractivity contribution in [3.05, 3.63) is 101 Å². The molecule has 0 saturated carbocycles. The van der Waals surface area contributed by atoms with Gasteiger partial charge in [-0.25, -0.2) is 9.18 Å². The monoisotopic (exact) mass is 616 g/mol. The Bertz CT molecular complexity index is 1580. The molecule has 45 heavy (non-hydrogen) atoms. The van der Waals surface area contributed by atoms with Gasteiger partial charge in [-0.3, -0.25) is 19.8 Å². The van der Waals surface area contributed by atoms with Gasteiger partial charge in [-0.05, 0) is 85.9 Å². The van der Waals surface area contributed by atoms with Crippen LogP contribution in [0.25, 0.3) is 6.08 Å². The fourth-order valence-corrected chi connectivity index (χ4v) is 4.67. The molecule has 0 unspecified atom stereocenters. The summed E-state index contributed by atoms with van der Waals surface area (Å²) in [4.78, 5) is 40.2. The van der Waals surface area contributed by atoms with Gasteiger partial charge in [0, 0.05) is 5.56 Å². The second-order valence-corrected chi connectivity index (χ2v) is 10.1. The Balaban J connectivity index is 1.64. The summed E-state index contributed by atoms with van der Waals surface area (Å²) in [6.45, 7) is 10.8. The third-order valence-electron chi connectivity index (χ3n) is 6.72. The van der Waals surface area contributed by atoms with Crippen LogP contribution in [0.15, 0.2) is 72.8 Å². The van der Waals surface area contributed by atoms with E-state index >= 15 is 0 Å². The first kappa shape index (κ1) is 32.8. The first-order chi connectivity index (χ1) is 21.8. The van der Waals surface area contributed by atoms with Crippen molar-refractivity contribution in [3.63, 3.8) is 0 Å². The highest BCUT2D eigenvalue weighted by molar-refractivity contribution is 6.31. The summed E-state index contributed by atoms with van der Waals surface area (Å²) in [5, 5.41) is 2.27. The third kappa shape index (κ3) is 8.29. The second-order valence-electron chi connectivity index (χ2n) is 10.1. The van der Waals surface area contributed by atoms with E-state index in [9.17, 15) is 18.8 Å². The predicted molar refractivity (Wildman–Crippen MR) is 168 cm³/mol. The minimum atomic E-state index is -0.821. The lowest BCUT2D eigenvalue weighted by Gasteiger charge is -2.27. The molecule has 1 N–H and O–H groups in total. The van der Waals surface area contributed by atoms with Crippen LogP contribution in [0.4, 0.5) is 9.18 Å². The third-order valence-corrected chi connectivity index (χ3v) is 6.72. The van der Waals surface area contributed by atoms with E-state index in [4.69, 9.17) is 18.9 Å². The second kappa shape index (κ2) is 15.6. The standard InChI is InChI=1S/C35H37FN2O7/c1-5-9-26-17-25(20-31(43-8-4)32(26)45-22-23-10-13-27(36)14-11-23)18-28-33(39)37-35(41)38(34(28)40)21-24-12-15-29(44-16-6-2)30(19-24)42-7-3/h5,10-15,17-20H,1,6-9,16,21-22H2,2-4H3,(H,37,39,41)/b28-18+. The number of rotatable bonds is 15. The number of nitrogens with zero attached hydrogens (tertiary/aromatic N) is 1. The number of nitrogens with one attached hydrogen (secondary N) is 1. The maximum absolute atomic E-state index is 13.6. The lowest BCUT2D eigenvalue weighted by Crippen LogP contribution is -2.53. The molecule has 0 aliphatic carbocycles. The van der Waals surface area contributed by atoms with E-state index in [1.54, 1.807) is 48.5 Å². The molecule has 1 saturated heterocycles. The molecular formula is C35H37FN2O7. The number of amides is 4. The maximum atomic E-state index is 13.6. The highest BCUT2D eigenvalue weighted by Crippen LogP contribution is 2.36. The van der Waals surface area contributed by atoms with Crippen molar-refractivity contribution >= 4 is 23.9 Å². The number of imide groups is 2. The molecule has 3 aromatic rings. The molecule has 236 valence electrons. The Morgan fingerprint density at radius 2 is 1.56 bits per heavy atom. The quantitative estimate of drug-likeness (QED) is 0.120. The highest BCUT2D eigenvalue weighted by atomic mass is 19.1. The number of halogens is 1. The summed E-state index contributed by atoms with van der Waals surface area (Å²) < 4.78 is 36.8. The minimum Gasteiger partial charge on any atom is -0.490 e. The molecule has 1 fully saturated rings. The van der Waals surface area contributed by atoms with Gasteiger partial charge in [0.25, 0.3) is 11.8 Å². The highest BCUT2D eigenvalue weighted by Gasteiger charge is 2.36. The Morgan fingerprint density at radius 1 is 0.844 bits per heavy atom. The molecular weight excluding hydrogens is 579 g/mol. The summed E-state index contributed by atoms with van der Waals surface area (Å²) in [6, 6.07) is 13.8. The van der Waals surface area contributed by atoms with Crippen LogP contribution in [-0.4, -0.2) is 42.6 Å². The van der Waals surface area contributed by atoms with Crippen molar-refractivity contribution in [2.24, 2.45) is 0 Å². The van der Waals surface area contributed by atoms with Crippen molar-refractivity contribution in [2.45, 2.75) is 46.8 Å². The normalized spacial score (nSPS) is 13.9. The minimum absolute atomic E-state index is 0.0918. The van der Waals surface area contributed by atoms with E-state index in [2.05, 4.69) is 11.9 Å². The number of hydrogen-bond acceptors (Lipinski definition) is 7. The molecule has 0 bridgehead atoms. The molecule has 0 atom stereocenters. The number of hydrogen-bond donors (Lipinski definition) is 1. The number of carbonyl (C=O) groups is 3. The molecule has 4 amide bonds. The molecule has 1 aliphatic rings. The summed E-state index contributed by atoms with van der Waals surface area (Å²) in [5.41, 5.74) is 2.37. The molecule has 0 aromatic heterocycles. The fraction of sp³-hybridized carbons (Fsp3) is 0.286. The van der Waals surface area contributed by atoms with Crippen LogP contribution in [0.5, 0.6) is 23.0 Å². The van der Waals surface area contributed by atoms with E-state index in [1.165, 1.54) is 18.2 Å². The largest absolute Gasteiger partial charge is 0.490 e. The van der Waals surface area contributed by atoms with Crippen molar-refractivity contribution in [1.29, 1.82) is 0 Å². The fourth-order valence-electron chi connectivity index (χ4n) is 4.67. The molecule has 4 rings (SSSR count). The zero-order valence-corrected chi connectivity index (χ0v) is 25.7. The number of benzene rings is 3. The van der Waals surface area contributed by atoms with Gasteiger partial charge in [0.2, 0.25) is 0 Å². The zero-order chi connectivity index (χ0) is 32.3. The van der Waals surface area contributed by atoms with Gasteiger partial charge in [-0.15, -0.1) is 6.58 Å². The van der Waals surface area contributed by atoms with Crippen molar-refractivity contribution in [1.82, 2.24) is 10.2 Å². The lowest BCUT2D eigenvalue weighted by atomic mass is 10.0. The first-order valence-corrected chi connectivity index (χ1v) is 14.8. The summed E-state index contributed by atoms with van der Waals surface area (Å²) >= 11 is 0. The Hall–Kier alpha value is -5.12. The summed E-state index contributed by atoms with van der Waals surface area (Å²) in [6.07, 6.45) is 4.34. The first-order valence-electron chi connectivity index (χ1n) is 14.8. The van der Waals surface area contributed by atoms with Gasteiger partial charge in [0.05, 0.1) is 26.4 Å². The molecule has 3 aromatic carbocycles. The van der Waals surface area contributed by atoms with E-state index in [-0.39, 0.29) is 24.5 Å². The van der Waals surface area contributed by atoms with Crippen LogP contribution in [-0.2, 0) is 29.2 Å². The van der Waals surface area contributed by atoms with Crippen LogP contribution >= 0.6 is 0 Å². The van der Waals surface area contributed by atoms with E-state index < -0.39 is 17.8 Å². The van der Waals surface area contributed by atoms with Gasteiger partial charge < -0.3 is 18.9 Å². The van der Waals surface area contributed by atoms with E-state index in [1.807, 2.05) is 20.8 Å². The van der Waals surface area contributed by atoms with Crippen molar-refractivity contribution < 1.29 is 37.7 Å². The van der Waals surface area contributed by atoms with Gasteiger partial charge in [-0.1, -0.05) is 31.2 Å². The average Bonchev–Trinajstić information content (AvgIpc) is 3.02. The molecule has 1 aliphatic heterocycles. The van der Waals surface area contributed by atoms with Gasteiger partial charge in [0.1, 0.15) is 18.0 Å². The van der Waals surface area contributed by atoms with E-state index in [0.717, 1.165) is 16.9 Å². The molecule has 0 radical (unpaired) electrons. The number of urea groups is 1. The Morgan fingerprint density at radius 3 is 2.24 bits per heavy atom. The topological polar surface area (TPSA) is 103 Å². The SMILES string of the molecule is C=CCc1cc(/C=C2\C(=O)NC(=O)N(Cc3ccc(OCCC)c(OCC)c3)C2=O)cc(OCC)c1OCc1ccc(F)cc1.